The van der Waals surface area contributed by atoms with Crippen molar-refractivity contribution < 1.29 is 13.9 Å². The van der Waals surface area contributed by atoms with Crippen LogP contribution in [0.15, 0.2) is 46.9 Å². The van der Waals surface area contributed by atoms with Gasteiger partial charge in [0.2, 0.25) is 0 Å². The maximum Gasteiger partial charge on any atom is 0.295 e. The van der Waals surface area contributed by atoms with Crippen LogP contribution in [0.25, 0.3) is 21.2 Å². The molecular weight excluding hydrogens is 434 g/mol. The van der Waals surface area contributed by atoms with Crippen LogP contribution in [0.4, 0.5) is 5.13 Å². The number of fused-ring (bicyclic) bond motifs is 2. The van der Waals surface area contributed by atoms with Crippen LogP contribution in [-0.4, -0.2) is 49.6 Å². The Morgan fingerprint density at radius 2 is 2.03 bits per heavy atom. The molecule has 0 aliphatic rings. The molecule has 0 radical (unpaired) electrons. The number of ether oxygens (including phenoxy) is 1. The number of anilines is 1. The van der Waals surface area contributed by atoms with E-state index in [2.05, 4.69) is 9.88 Å². The Kier molecular flexibility index (Phi) is 6.46. The number of hydrogen-bond acceptors (Lipinski definition) is 6. The number of rotatable bonds is 8. The van der Waals surface area contributed by atoms with Gasteiger partial charge >= 0.3 is 0 Å². The second kappa shape index (κ2) is 9.26. The van der Waals surface area contributed by atoms with Crippen LogP contribution < -0.4 is 9.64 Å². The van der Waals surface area contributed by atoms with Crippen LogP contribution >= 0.6 is 22.9 Å². The number of hydrogen-bond donors (Lipinski definition) is 0. The lowest BCUT2D eigenvalue weighted by Gasteiger charge is -2.19. The Morgan fingerprint density at radius 3 is 2.81 bits per heavy atom. The number of carbonyl (C=O) groups is 1. The third kappa shape index (κ3) is 4.69. The topological polar surface area (TPSA) is 58.8 Å². The summed E-state index contributed by atoms with van der Waals surface area (Å²) in [6.07, 6.45) is 0.805. The van der Waals surface area contributed by atoms with Gasteiger partial charge in [-0.3, -0.25) is 9.69 Å². The molecule has 2 heterocycles. The summed E-state index contributed by atoms with van der Waals surface area (Å²) in [4.78, 5) is 22.0. The predicted molar refractivity (Wildman–Crippen MR) is 127 cm³/mol. The molecule has 4 aromatic rings. The van der Waals surface area contributed by atoms with E-state index in [4.69, 9.17) is 20.8 Å². The van der Waals surface area contributed by atoms with Crippen molar-refractivity contribution >= 4 is 55.2 Å². The van der Waals surface area contributed by atoms with Crippen LogP contribution in [0, 0.1) is 0 Å². The van der Waals surface area contributed by atoms with E-state index in [1.165, 1.54) is 11.3 Å². The van der Waals surface area contributed by atoms with Crippen molar-refractivity contribution in [1.29, 1.82) is 0 Å². The first-order valence-electron chi connectivity index (χ1n) is 10.1. The molecular formula is C23H24ClN3O3S. The summed E-state index contributed by atoms with van der Waals surface area (Å²) < 4.78 is 12.6. The summed E-state index contributed by atoms with van der Waals surface area (Å²) in [5, 5.41) is 2.11. The van der Waals surface area contributed by atoms with Gasteiger partial charge in [0.05, 0.1) is 16.8 Å². The number of carbonyl (C=O) groups excluding carboxylic acids is 1. The number of nitrogens with zero attached hydrogens (tertiary/aromatic N) is 3. The van der Waals surface area contributed by atoms with Gasteiger partial charge in [-0.2, -0.15) is 0 Å². The van der Waals surface area contributed by atoms with Gasteiger partial charge in [-0.15, -0.1) is 0 Å². The van der Waals surface area contributed by atoms with Crippen LogP contribution in [0.2, 0.25) is 5.02 Å². The second-order valence-electron chi connectivity index (χ2n) is 7.44. The number of benzene rings is 2. The Bertz CT molecular complexity index is 1220. The highest BCUT2D eigenvalue weighted by molar-refractivity contribution is 7.22. The molecule has 0 fully saturated rings. The van der Waals surface area contributed by atoms with E-state index < -0.39 is 0 Å². The summed E-state index contributed by atoms with van der Waals surface area (Å²) in [6, 6.07) is 13.0. The fraction of sp³-hybridized carbons (Fsp3) is 0.304. The molecule has 0 aliphatic heterocycles. The highest BCUT2D eigenvalue weighted by atomic mass is 35.5. The first kappa shape index (κ1) is 21.6. The van der Waals surface area contributed by atoms with Crippen molar-refractivity contribution in [2.45, 2.75) is 13.3 Å². The van der Waals surface area contributed by atoms with Crippen molar-refractivity contribution in [3.05, 3.63) is 53.2 Å². The third-order valence-corrected chi connectivity index (χ3v) is 6.10. The van der Waals surface area contributed by atoms with Crippen LogP contribution in [0.5, 0.6) is 5.75 Å². The molecule has 0 N–H and O–H groups in total. The molecule has 162 valence electrons. The van der Waals surface area contributed by atoms with Gasteiger partial charge in [0.1, 0.15) is 0 Å². The quantitative estimate of drug-likeness (QED) is 0.340. The molecule has 1 amide bonds. The molecule has 0 saturated carbocycles. The molecule has 0 atom stereocenters. The summed E-state index contributed by atoms with van der Waals surface area (Å²) >= 11 is 7.59. The third-order valence-electron chi connectivity index (χ3n) is 4.82. The van der Waals surface area contributed by atoms with Gasteiger partial charge < -0.3 is 14.1 Å². The Hall–Kier alpha value is -2.61. The van der Waals surface area contributed by atoms with E-state index in [9.17, 15) is 4.79 Å². The zero-order chi connectivity index (χ0) is 22.0. The van der Waals surface area contributed by atoms with Crippen LogP contribution in [-0.2, 0) is 0 Å². The van der Waals surface area contributed by atoms with E-state index in [1.54, 1.807) is 17.0 Å². The highest BCUT2D eigenvalue weighted by Crippen LogP contribution is 2.33. The fourth-order valence-electron chi connectivity index (χ4n) is 3.37. The van der Waals surface area contributed by atoms with Crippen molar-refractivity contribution in [3.63, 3.8) is 0 Å². The van der Waals surface area contributed by atoms with Gasteiger partial charge in [0.15, 0.2) is 22.2 Å². The number of halogens is 1. The Balaban J connectivity index is 1.70. The van der Waals surface area contributed by atoms with Gasteiger partial charge in [0, 0.05) is 17.0 Å². The molecule has 0 spiro atoms. The lowest BCUT2D eigenvalue weighted by Crippen LogP contribution is -2.33. The van der Waals surface area contributed by atoms with Gasteiger partial charge in [-0.25, -0.2) is 4.98 Å². The van der Waals surface area contributed by atoms with Crippen LogP contribution in [0.1, 0.15) is 23.9 Å². The van der Waals surface area contributed by atoms with Gasteiger partial charge in [-0.05, 0) is 64.3 Å². The maximum absolute atomic E-state index is 13.5. The minimum Gasteiger partial charge on any atom is -0.490 e. The number of thiazole rings is 1. The molecule has 4 rings (SSSR count). The first-order valence-corrected chi connectivity index (χ1v) is 11.3. The lowest BCUT2D eigenvalue weighted by atomic mass is 10.2. The second-order valence-corrected chi connectivity index (χ2v) is 8.89. The summed E-state index contributed by atoms with van der Waals surface area (Å²) in [5.41, 5.74) is 1.40. The maximum atomic E-state index is 13.5. The molecule has 0 unspecified atom stereocenters. The van der Waals surface area contributed by atoms with Crippen LogP contribution in [0.3, 0.4) is 0 Å². The Morgan fingerprint density at radius 1 is 1.19 bits per heavy atom. The first-order chi connectivity index (χ1) is 15.0. The number of para-hydroxylation sites is 1. The van der Waals surface area contributed by atoms with Gasteiger partial charge in [0.25, 0.3) is 5.91 Å². The number of amides is 1. The average Bonchev–Trinajstić information content (AvgIpc) is 3.35. The zero-order valence-corrected chi connectivity index (χ0v) is 19.3. The standard InChI is InChI=1S/C23H24ClN3O3S/c1-4-29-18-8-5-7-15-13-19(30-21(15)18)22(28)27(12-6-11-26(2)3)23-25-17-10-9-16(24)14-20(17)31-23/h5,7-10,13-14H,4,6,11-12H2,1-3H3. The minimum atomic E-state index is -0.220. The lowest BCUT2D eigenvalue weighted by molar-refractivity contribution is 0.0961. The fourth-order valence-corrected chi connectivity index (χ4v) is 4.64. The van der Waals surface area contributed by atoms with E-state index >= 15 is 0 Å². The summed E-state index contributed by atoms with van der Waals surface area (Å²) in [5.74, 6) is 0.680. The van der Waals surface area contributed by atoms with Crippen molar-refractivity contribution in [3.8, 4) is 5.75 Å². The molecule has 2 aromatic heterocycles. The van der Waals surface area contributed by atoms with E-state index in [0.717, 1.165) is 28.6 Å². The highest BCUT2D eigenvalue weighted by Gasteiger charge is 2.25. The number of furan rings is 1. The molecule has 2 aromatic carbocycles. The molecule has 0 aliphatic carbocycles. The molecule has 0 saturated heterocycles. The predicted octanol–water partition coefficient (Wildman–Crippen LogP) is 5.69. The molecule has 8 heteroatoms. The Labute approximate surface area is 190 Å². The molecule has 0 bridgehead atoms. The SMILES string of the molecule is CCOc1cccc2cc(C(=O)N(CCCN(C)C)c3nc4ccc(Cl)cc4s3)oc12. The monoisotopic (exact) mass is 457 g/mol. The van der Waals surface area contributed by atoms with Crippen molar-refractivity contribution in [1.82, 2.24) is 9.88 Å². The largest absolute Gasteiger partial charge is 0.490 e. The van der Waals surface area contributed by atoms with Crippen molar-refractivity contribution in [2.24, 2.45) is 0 Å². The molecule has 31 heavy (non-hydrogen) atoms. The summed E-state index contributed by atoms with van der Waals surface area (Å²) in [6.45, 7) is 3.82. The normalized spacial score (nSPS) is 11.5. The van der Waals surface area contributed by atoms with E-state index in [-0.39, 0.29) is 11.7 Å². The number of aromatic nitrogens is 1. The minimum absolute atomic E-state index is 0.220. The smallest absolute Gasteiger partial charge is 0.295 e. The summed E-state index contributed by atoms with van der Waals surface area (Å²) in [7, 11) is 4.03. The average molecular weight is 458 g/mol. The van der Waals surface area contributed by atoms with Gasteiger partial charge in [-0.1, -0.05) is 35.1 Å². The zero-order valence-electron chi connectivity index (χ0n) is 17.7. The van der Waals surface area contributed by atoms with E-state index in [0.29, 0.717) is 34.6 Å². The van der Waals surface area contributed by atoms with E-state index in [1.807, 2.05) is 51.4 Å². The molecule has 6 nitrogen and oxygen atoms in total. The van der Waals surface area contributed by atoms with Crippen molar-refractivity contribution in [2.75, 3.05) is 38.7 Å².